The van der Waals surface area contributed by atoms with E-state index >= 15 is 0 Å². The Labute approximate surface area is 64.5 Å². The minimum Gasteiger partial charge on any atom is -0.481 e. The number of aromatic nitrogens is 1. The van der Waals surface area contributed by atoms with Crippen LogP contribution >= 0.6 is 0 Å². The third kappa shape index (κ3) is 1.44. The summed E-state index contributed by atoms with van der Waals surface area (Å²) in [6.45, 7) is 1.82. The van der Waals surface area contributed by atoms with E-state index in [0.717, 1.165) is 5.56 Å². The first kappa shape index (κ1) is 7.48. The average molecular weight is 150 g/mol. The van der Waals surface area contributed by atoms with Crippen LogP contribution in [0.1, 0.15) is 5.56 Å². The van der Waals surface area contributed by atoms with Crippen LogP contribution in [0.5, 0.6) is 5.88 Å². The highest BCUT2D eigenvalue weighted by Crippen LogP contribution is 2.19. The van der Waals surface area contributed by atoms with Crippen molar-refractivity contribution in [2.45, 2.75) is 6.92 Å². The van der Waals surface area contributed by atoms with Crippen molar-refractivity contribution in [2.75, 3.05) is 7.11 Å². The fourth-order valence-corrected chi connectivity index (χ4v) is 0.739. The third-order valence-electron chi connectivity index (χ3n) is 1.37. The highest BCUT2D eigenvalue weighted by Gasteiger charge is 2.10. The van der Waals surface area contributed by atoms with E-state index in [-0.39, 0.29) is 0 Å². The smallest absolute Gasteiger partial charge is 0.406 e. The lowest BCUT2D eigenvalue weighted by atomic mass is 10.2. The first-order valence-electron chi connectivity index (χ1n) is 3.13. The van der Waals surface area contributed by atoms with Gasteiger partial charge in [-0.3, -0.25) is 0 Å². The first-order chi connectivity index (χ1) is 5.27. The maximum absolute atomic E-state index is 8.43. The molecule has 0 spiro atoms. The highest BCUT2D eigenvalue weighted by molar-refractivity contribution is 5.50. The second-order valence-corrected chi connectivity index (χ2v) is 2.11. The van der Waals surface area contributed by atoms with Gasteiger partial charge in [0.1, 0.15) is 6.20 Å². The van der Waals surface area contributed by atoms with Crippen molar-refractivity contribution < 1.29 is 4.74 Å². The second-order valence-electron chi connectivity index (χ2n) is 2.11. The van der Waals surface area contributed by atoms with E-state index in [1.807, 2.05) is 6.92 Å². The summed E-state index contributed by atoms with van der Waals surface area (Å²) in [4.78, 5) is 6.88. The summed E-state index contributed by atoms with van der Waals surface area (Å²) >= 11 is 0. The molecule has 1 rings (SSSR count). The summed E-state index contributed by atoms with van der Waals surface area (Å²) in [5.41, 5.74) is 1.30. The molecule has 0 amide bonds. The van der Waals surface area contributed by atoms with E-state index in [0.29, 0.717) is 11.6 Å². The minimum atomic E-state index is 0.464. The molecule has 0 aliphatic heterocycles. The number of ether oxygens (including phenoxy) is 1. The molecule has 0 aliphatic rings. The average Bonchev–Trinajstić information content (AvgIpc) is 2.04. The van der Waals surface area contributed by atoms with Crippen molar-refractivity contribution in [1.29, 1.82) is 5.39 Å². The Hall–Kier alpha value is -1.63. The van der Waals surface area contributed by atoms with Gasteiger partial charge in [-0.15, -0.1) is 0 Å². The van der Waals surface area contributed by atoms with Crippen molar-refractivity contribution in [2.24, 2.45) is 0 Å². The lowest BCUT2D eigenvalue weighted by Gasteiger charge is -1.95. The Balaban J connectivity index is 3.12. The van der Waals surface area contributed by atoms with Crippen molar-refractivity contribution in [3.63, 3.8) is 0 Å². The summed E-state index contributed by atoms with van der Waals surface area (Å²) in [6, 6.07) is 1.70. The maximum atomic E-state index is 8.43. The topological polar surface area (TPSA) is 50.3 Å². The van der Waals surface area contributed by atoms with Crippen LogP contribution in [-0.2, 0) is 0 Å². The molecule has 0 N–H and O–H groups in total. The van der Waals surface area contributed by atoms with Crippen LogP contribution in [0.25, 0.3) is 4.98 Å². The van der Waals surface area contributed by atoms with E-state index in [1.54, 1.807) is 6.07 Å². The molecule has 0 aromatic carbocycles. The van der Waals surface area contributed by atoms with Gasteiger partial charge in [0.15, 0.2) is 4.98 Å². The number of hydrogen-bond acceptors (Lipinski definition) is 3. The SMILES string of the molecule is COc1cc(C)c([N+]#N)cn1. The quantitative estimate of drug-likeness (QED) is 0.574. The molecule has 0 atom stereocenters. The summed E-state index contributed by atoms with van der Waals surface area (Å²) in [6.07, 6.45) is 1.45. The van der Waals surface area contributed by atoms with E-state index in [4.69, 9.17) is 10.1 Å². The fourth-order valence-electron chi connectivity index (χ4n) is 0.739. The predicted octanol–water partition coefficient (Wildman–Crippen LogP) is 1.88. The van der Waals surface area contributed by atoms with Crippen LogP contribution in [0.2, 0.25) is 0 Å². The molecule has 4 nitrogen and oxygen atoms in total. The number of hydrogen-bond donors (Lipinski definition) is 0. The molecular weight excluding hydrogens is 142 g/mol. The summed E-state index contributed by atoms with van der Waals surface area (Å²) in [7, 11) is 1.54. The van der Waals surface area contributed by atoms with Gasteiger partial charge in [-0.05, 0) is 6.92 Å². The number of methoxy groups -OCH3 is 1. The first-order valence-corrected chi connectivity index (χ1v) is 3.13. The molecule has 0 saturated carbocycles. The van der Waals surface area contributed by atoms with Gasteiger partial charge >= 0.3 is 5.69 Å². The van der Waals surface area contributed by atoms with Crippen LogP contribution in [0.4, 0.5) is 5.69 Å². The van der Waals surface area contributed by atoms with E-state index in [1.165, 1.54) is 13.3 Å². The molecule has 1 aromatic rings. The number of rotatable bonds is 1. The van der Waals surface area contributed by atoms with Gasteiger partial charge in [0.05, 0.1) is 12.7 Å². The Morgan fingerprint density at radius 1 is 1.64 bits per heavy atom. The van der Waals surface area contributed by atoms with Crippen molar-refractivity contribution in [1.82, 2.24) is 4.98 Å². The third-order valence-corrected chi connectivity index (χ3v) is 1.37. The zero-order chi connectivity index (χ0) is 8.27. The standard InChI is InChI=1S/C7H8N3O/c1-5-3-7(11-2)9-4-6(5)10-8/h3-4H,1-2H3/q+1. The molecule has 56 valence electrons. The Bertz CT molecular complexity index is 303. The molecule has 11 heavy (non-hydrogen) atoms. The van der Waals surface area contributed by atoms with Gasteiger partial charge < -0.3 is 4.74 Å². The van der Waals surface area contributed by atoms with Gasteiger partial charge in [-0.2, -0.15) is 0 Å². The monoisotopic (exact) mass is 150 g/mol. The van der Waals surface area contributed by atoms with Gasteiger partial charge in [-0.25, -0.2) is 4.98 Å². The zero-order valence-electron chi connectivity index (χ0n) is 6.40. The van der Waals surface area contributed by atoms with Crippen LogP contribution in [0.15, 0.2) is 12.3 Å². The lowest BCUT2D eigenvalue weighted by molar-refractivity contribution is 0.397. The normalized spacial score (nSPS) is 8.82. The number of nitrogens with zero attached hydrogens (tertiary/aromatic N) is 3. The highest BCUT2D eigenvalue weighted by atomic mass is 16.5. The largest absolute Gasteiger partial charge is 0.481 e. The molecule has 0 fully saturated rings. The number of diazo groups is 1. The van der Waals surface area contributed by atoms with Gasteiger partial charge in [0.25, 0.3) is 0 Å². The molecule has 0 radical (unpaired) electrons. The van der Waals surface area contributed by atoms with Crippen LogP contribution in [-0.4, -0.2) is 12.1 Å². The lowest BCUT2D eigenvalue weighted by Crippen LogP contribution is -1.86. The molecule has 0 unspecified atom stereocenters. The summed E-state index contributed by atoms with van der Waals surface area (Å²) < 4.78 is 4.86. The molecule has 1 aromatic heterocycles. The van der Waals surface area contributed by atoms with E-state index < -0.39 is 0 Å². The Kier molecular flexibility index (Phi) is 2.02. The van der Waals surface area contributed by atoms with Crippen molar-refractivity contribution >= 4 is 5.69 Å². The van der Waals surface area contributed by atoms with Crippen LogP contribution in [0, 0.1) is 12.3 Å². The van der Waals surface area contributed by atoms with Gasteiger partial charge in [0, 0.05) is 6.07 Å². The number of aryl methyl sites for hydroxylation is 1. The van der Waals surface area contributed by atoms with Crippen molar-refractivity contribution in [3.05, 3.63) is 22.8 Å². The van der Waals surface area contributed by atoms with E-state index in [9.17, 15) is 0 Å². The van der Waals surface area contributed by atoms with Crippen molar-refractivity contribution in [3.8, 4) is 5.88 Å². The fraction of sp³-hybridized carbons (Fsp3) is 0.286. The maximum Gasteiger partial charge on any atom is 0.406 e. The predicted molar refractivity (Wildman–Crippen MR) is 40.3 cm³/mol. The molecule has 0 bridgehead atoms. The summed E-state index contributed by atoms with van der Waals surface area (Å²) in [5, 5.41) is 8.43. The summed E-state index contributed by atoms with van der Waals surface area (Å²) in [5.74, 6) is 0.523. The van der Waals surface area contributed by atoms with E-state index in [2.05, 4.69) is 9.96 Å². The van der Waals surface area contributed by atoms with Crippen LogP contribution in [0.3, 0.4) is 0 Å². The van der Waals surface area contributed by atoms with Gasteiger partial charge in [-0.1, -0.05) is 0 Å². The molecule has 0 aliphatic carbocycles. The van der Waals surface area contributed by atoms with Gasteiger partial charge in [0.2, 0.25) is 11.3 Å². The number of pyridine rings is 1. The molecular formula is C7H8N3O+. The minimum absolute atomic E-state index is 0.464. The Morgan fingerprint density at radius 2 is 2.36 bits per heavy atom. The molecule has 1 heterocycles. The van der Waals surface area contributed by atoms with Crippen LogP contribution < -0.4 is 4.74 Å². The molecule has 0 saturated heterocycles. The zero-order valence-corrected chi connectivity index (χ0v) is 6.40. The molecule has 4 heteroatoms. The Morgan fingerprint density at radius 3 is 2.82 bits per heavy atom. The second kappa shape index (κ2) is 2.97.